The molecule has 174 valence electrons. The Labute approximate surface area is 194 Å². The second kappa shape index (κ2) is 11.9. The van der Waals surface area contributed by atoms with Gasteiger partial charge in [-0.25, -0.2) is 9.78 Å². The van der Waals surface area contributed by atoms with Crippen LogP contribution < -0.4 is 5.32 Å². The van der Waals surface area contributed by atoms with Gasteiger partial charge in [0.2, 0.25) is 0 Å². The predicted octanol–water partition coefficient (Wildman–Crippen LogP) is 3.16. The van der Waals surface area contributed by atoms with E-state index in [2.05, 4.69) is 29.0 Å². The Hall–Kier alpha value is -2.49. The Morgan fingerprint density at radius 2 is 1.94 bits per heavy atom. The fourth-order valence-electron chi connectivity index (χ4n) is 3.67. The minimum atomic E-state index is -0.207. The molecule has 1 N–H and O–H groups in total. The van der Waals surface area contributed by atoms with Crippen molar-refractivity contribution in [2.45, 2.75) is 26.8 Å². The van der Waals surface area contributed by atoms with E-state index in [1.807, 2.05) is 29.2 Å². The van der Waals surface area contributed by atoms with Crippen molar-refractivity contribution in [3.63, 3.8) is 0 Å². The van der Waals surface area contributed by atoms with Crippen molar-refractivity contribution in [1.82, 2.24) is 19.7 Å². The zero-order chi connectivity index (χ0) is 22.9. The number of para-hydroxylation sites is 1. The summed E-state index contributed by atoms with van der Waals surface area (Å²) >= 11 is 1.41. The fraction of sp³-hybridized carbons (Fsp3) is 0.522. The highest BCUT2D eigenvalue weighted by Gasteiger charge is 2.24. The smallest absolute Gasteiger partial charge is 0.322 e. The number of aryl methyl sites for hydroxylation is 1. The summed E-state index contributed by atoms with van der Waals surface area (Å²) in [4.78, 5) is 36.3. The molecule has 3 rings (SSSR count). The van der Waals surface area contributed by atoms with Gasteiger partial charge in [-0.2, -0.15) is 0 Å². The number of thiazole rings is 1. The first kappa shape index (κ1) is 24.2. The van der Waals surface area contributed by atoms with Crippen LogP contribution in [0.1, 0.15) is 34.9 Å². The first-order valence-corrected chi connectivity index (χ1v) is 12.0. The number of hydrogen-bond acceptors (Lipinski definition) is 6. The number of hydrogen-bond donors (Lipinski definition) is 1. The van der Waals surface area contributed by atoms with Crippen molar-refractivity contribution in [2.75, 3.05) is 58.3 Å². The third kappa shape index (κ3) is 6.27. The van der Waals surface area contributed by atoms with Gasteiger partial charge in [-0.15, -0.1) is 11.3 Å². The molecule has 1 aromatic carbocycles. The maximum absolute atomic E-state index is 13.0. The summed E-state index contributed by atoms with van der Waals surface area (Å²) < 4.78 is 5.19. The molecule has 0 spiro atoms. The third-order valence-electron chi connectivity index (χ3n) is 5.70. The molecular formula is C23H33N5O3S. The number of methoxy groups -OCH3 is 1. The average Bonchev–Trinajstić information content (AvgIpc) is 3.30. The Bertz CT molecular complexity index is 895. The maximum atomic E-state index is 13.0. The topological polar surface area (TPSA) is 78.0 Å². The minimum Gasteiger partial charge on any atom is -0.383 e. The van der Waals surface area contributed by atoms with Crippen molar-refractivity contribution in [3.8, 4) is 0 Å². The number of aromatic nitrogens is 1. The number of rotatable bonds is 9. The molecule has 32 heavy (non-hydrogen) atoms. The highest BCUT2D eigenvalue weighted by molar-refractivity contribution is 7.09. The molecule has 0 unspecified atom stereocenters. The first-order chi connectivity index (χ1) is 15.5. The molecular weight excluding hydrogens is 426 g/mol. The Morgan fingerprint density at radius 1 is 1.19 bits per heavy atom. The van der Waals surface area contributed by atoms with E-state index < -0.39 is 0 Å². The highest BCUT2D eigenvalue weighted by atomic mass is 32.1. The largest absolute Gasteiger partial charge is 0.383 e. The van der Waals surface area contributed by atoms with E-state index in [4.69, 9.17) is 4.74 Å². The lowest BCUT2D eigenvalue weighted by atomic mass is 10.1. The van der Waals surface area contributed by atoms with E-state index in [1.165, 1.54) is 11.3 Å². The molecule has 0 bridgehead atoms. The summed E-state index contributed by atoms with van der Waals surface area (Å²) in [5.41, 5.74) is 2.35. The lowest BCUT2D eigenvalue weighted by Gasteiger charge is -2.33. The van der Waals surface area contributed by atoms with E-state index >= 15 is 0 Å². The summed E-state index contributed by atoms with van der Waals surface area (Å²) in [7, 11) is 1.61. The Balaban J connectivity index is 1.65. The molecule has 0 radical (unpaired) electrons. The normalized spacial score (nSPS) is 14.4. The van der Waals surface area contributed by atoms with Gasteiger partial charge < -0.3 is 24.8 Å². The van der Waals surface area contributed by atoms with Crippen LogP contribution in [0.2, 0.25) is 0 Å². The van der Waals surface area contributed by atoms with Crippen LogP contribution in [0.5, 0.6) is 0 Å². The summed E-state index contributed by atoms with van der Waals surface area (Å²) in [6.07, 6.45) is 0.832. The zero-order valence-corrected chi connectivity index (χ0v) is 20.0. The molecule has 1 aliphatic rings. The molecule has 9 heteroatoms. The number of benzene rings is 1. The van der Waals surface area contributed by atoms with Crippen molar-refractivity contribution < 1.29 is 14.3 Å². The number of piperazine rings is 1. The number of anilines is 1. The monoisotopic (exact) mass is 459 g/mol. The maximum Gasteiger partial charge on any atom is 0.322 e. The van der Waals surface area contributed by atoms with E-state index in [0.29, 0.717) is 25.4 Å². The molecule has 8 nitrogen and oxygen atoms in total. The highest BCUT2D eigenvalue weighted by Crippen LogP contribution is 2.19. The molecule has 0 aliphatic carbocycles. The van der Waals surface area contributed by atoms with Gasteiger partial charge in [0.15, 0.2) is 0 Å². The average molecular weight is 460 g/mol. The van der Waals surface area contributed by atoms with Gasteiger partial charge in [0.05, 0.1) is 13.2 Å². The number of urea groups is 1. The first-order valence-electron chi connectivity index (χ1n) is 11.1. The molecule has 1 saturated heterocycles. The van der Waals surface area contributed by atoms with Crippen LogP contribution in [0.4, 0.5) is 10.5 Å². The summed E-state index contributed by atoms with van der Waals surface area (Å²) in [5.74, 6) is -0.0342. The van der Waals surface area contributed by atoms with Crippen LogP contribution in [0.3, 0.4) is 0 Å². The van der Waals surface area contributed by atoms with Crippen molar-refractivity contribution in [3.05, 3.63) is 45.9 Å². The van der Waals surface area contributed by atoms with Gasteiger partial charge in [-0.05, 0) is 24.6 Å². The number of carbonyl (C=O) groups is 2. The van der Waals surface area contributed by atoms with Crippen LogP contribution in [0, 0.1) is 0 Å². The van der Waals surface area contributed by atoms with E-state index in [-0.39, 0.29) is 11.9 Å². The number of ether oxygens (including phenoxy) is 1. The quantitative estimate of drug-likeness (QED) is 0.623. The molecule has 2 heterocycles. The van der Waals surface area contributed by atoms with Crippen molar-refractivity contribution >= 4 is 29.0 Å². The summed E-state index contributed by atoms with van der Waals surface area (Å²) in [6.45, 7) is 9.60. The van der Waals surface area contributed by atoms with Gasteiger partial charge in [-0.3, -0.25) is 4.79 Å². The minimum absolute atomic E-state index is 0.0342. The molecule has 1 aromatic heterocycles. The number of nitrogens with one attached hydrogen (secondary N) is 1. The van der Waals surface area contributed by atoms with Crippen molar-refractivity contribution in [1.29, 1.82) is 0 Å². The number of likely N-dealkylation sites (N-methyl/N-ethyl adjacent to an activating group) is 1. The molecule has 1 fully saturated rings. The summed E-state index contributed by atoms with van der Waals surface area (Å²) in [5, 5.41) is 5.54. The van der Waals surface area contributed by atoms with Crippen LogP contribution in [-0.2, 0) is 17.7 Å². The van der Waals surface area contributed by atoms with Crippen LogP contribution in [0.25, 0.3) is 0 Å². The second-order valence-electron chi connectivity index (χ2n) is 7.71. The van der Waals surface area contributed by atoms with E-state index in [0.717, 1.165) is 55.4 Å². The molecule has 0 saturated carbocycles. The Kier molecular flexibility index (Phi) is 9.01. The van der Waals surface area contributed by atoms with Crippen LogP contribution in [-0.4, -0.2) is 84.6 Å². The van der Waals surface area contributed by atoms with Gasteiger partial charge in [0.1, 0.15) is 10.7 Å². The summed E-state index contributed by atoms with van der Waals surface area (Å²) in [6, 6.07) is 7.58. The van der Waals surface area contributed by atoms with Gasteiger partial charge >= 0.3 is 6.03 Å². The number of carbonyl (C=O) groups excluding carboxylic acids is 2. The predicted molar refractivity (Wildman–Crippen MR) is 127 cm³/mol. The second-order valence-corrected chi connectivity index (χ2v) is 8.65. The molecule has 1 aliphatic heterocycles. The number of nitrogens with zero attached hydrogens (tertiary/aromatic N) is 4. The standard InChI is InChI=1S/C23H33N5O3S/c1-4-18-8-6-7-9-19(18)25-23(30)28(14-15-31-3)16-21-24-20(17-32-21)22(29)27-12-10-26(5-2)11-13-27/h6-9,17H,4-5,10-16H2,1-3H3,(H,25,30). The van der Waals surface area contributed by atoms with Gasteiger partial charge in [0.25, 0.3) is 5.91 Å². The molecule has 0 atom stereocenters. The van der Waals surface area contributed by atoms with Crippen LogP contribution >= 0.6 is 11.3 Å². The fourth-order valence-corrected chi connectivity index (χ4v) is 4.46. The van der Waals surface area contributed by atoms with Gasteiger partial charge in [-0.1, -0.05) is 32.0 Å². The SMILES string of the molecule is CCc1ccccc1NC(=O)N(CCOC)Cc1nc(C(=O)N2CCN(CC)CC2)cs1. The Morgan fingerprint density at radius 3 is 2.62 bits per heavy atom. The van der Waals surface area contributed by atoms with Gasteiger partial charge in [0, 0.05) is 50.9 Å². The lowest BCUT2D eigenvalue weighted by molar-refractivity contribution is 0.0638. The van der Waals surface area contributed by atoms with E-state index in [9.17, 15) is 9.59 Å². The van der Waals surface area contributed by atoms with Crippen LogP contribution in [0.15, 0.2) is 29.6 Å². The molecule has 3 amide bonds. The zero-order valence-electron chi connectivity index (χ0n) is 19.2. The lowest BCUT2D eigenvalue weighted by Crippen LogP contribution is -2.48. The number of amides is 3. The third-order valence-corrected chi connectivity index (χ3v) is 6.53. The van der Waals surface area contributed by atoms with Crippen molar-refractivity contribution in [2.24, 2.45) is 0 Å². The molecule has 2 aromatic rings. The van der Waals surface area contributed by atoms with E-state index in [1.54, 1.807) is 17.4 Å².